The minimum Gasteiger partial charge on any atom is -0.493 e. The first-order valence-electron chi connectivity index (χ1n) is 25.7. The molecule has 3 aliphatic heterocycles. The third-order valence-corrected chi connectivity index (χ3v) is 14.6. The molecular formula is C60H76ClNO14. The number of methoxy groups -OCH3 is 2. The standard InChI is InChI=1S/C30H36O7.C16H15NO2.C13H20O5.CH4.ClH/c1-36-30(29(35)28(34)24(31)15-14-19-8-5-6-9-19)26(33)16-21-18-37-27-13-7-12-22(23(27)17-25(21)32)20-10-3-2-4-11-20;17-14-10-19-16-8-4-7-12(13(16)9-15(14)18)11-5-2-1-3-6-11;1-17-12-10(15)11(18-13(12)16)9(14)7-6-8-4-2-3-5-8;;/h2-4,7,10-15,19,21,24,28-31,34-35H,5-6,8-9,16-18H2,1H3;1-8,14H,9-10,17H2;6-12,14-15H,2-5H2,1H3;1H4;1H/b15-14+;;7-6+;;/t21-,24+,28-,29+,30-;14-;9-,10-,11+,12-;;/m001../s1. The fourth-order valence-corrected chi connectivity index (χ4v) is 10.3. The van der Waals surface area contributed by atoms with Gasteiger partial charge in [0.15, 0.2) is 23.8 Å². The second-order valence-electron chi connectivity index (χ2n) is 19.7. The molecule has 0 radical (unpaired) electrons. The van der Waals surface area contributed by atoms with Crippen molar-refractivity contribution >= 4 is 35.7 Å². The van der Waals surface area contributed by atoms with Gasteiger partial charge in [-0.3, -0.25) is 14.4 Å². The largest absolute Gasteiger partial charge is 0.493 e. The zero-order chi connectivity index (χ0) is 52.7. The Hall–Kier alpha value is -5.59. The maximum absolute atomic E-state index is 13.2. The lowest BCUT2D eigenvalue weighted by Crippen LogP contribution is -2.48. The monoisotopic (exact) mass is 1070 g/mol. The Morgan fingerprint density at radius 2 is 1.18 bits per heavy atom. The predicted octanol–water partition coefficient (Wildman–Crippen LogP) is 6.91. The molecule has 10 atom stereocenters. The van der Waals surface area contributed by atoms with E-state index in [1.165, 1.54) is 33.1 Å². The number of hydrogen-bond acceptors (Lipinski definition) is 15. The van der Waals surface area contributed by atoms with E-state index in [1.54, 1.807) is 6.08 Å². The summed E-state index contributed by atoms with van der Waals surface area (Å²) in [5.41, 5.74) is 11.5. The number of fused-ring (bicyclic) bond motifs is 2. The molecule has 0 spiro atoms. The van der Waals surface area contributed by atoms with Gasteiger partial charge < -0.3 is 55.0 Å². The molecule has 2 saturated carbocycles. The van der Waals surface area contributed by atoms with E-state index in [0.29, 0.717) is 24.0 Å². The summed E-state index contributed by atoms with van der Waals surface area (Å²) in [6, 6.07) is 30.7. The number of cyclic esters (lactones) is 1. The summed E-state index contributed by atoms with van der Waals surface area (Å²) >= 11 is 0. The van der Waals surface area contributed by atoms with Crippen LogP contribution in [-0.2, 0) is 46.2 Å². The maximum atomic E-state index is 13.2. The van der Waals surface area contributed by atoms with E-state index in [1.807, 2.05) is 109 Å². The van der Waals surface area contributed by atoms with Crippen molar-refractivity contribution in [2.75, 3.05) is 27.4 Å². The number of hydrogen-bond donors (Lipinski definition) is 6. The Labute approximate surface area is 452 Å². The van der Waals surface area contributed by atoms with Crippen LogP contribution in [-0.4, -0.2) is 131 Å². The van der Waals surface area contributed by atoms with E-state index >= 15 is 0 Å². The molecule has 412 valence electrons. The summed E-state index contributed by atoms with van der Waals surface area (Å²) in [7, 11) is 2.59. The van der Waals surface area contributed by atoms with Crippen LogP contribution in [0.3, 0.4) is 0 Å². The number of ketones is 3. The number of nitrogens with two attached hydrogens (primary N) is 1. The highest BCUT2D eigenvalue weighted by Crippen LogP contribution is 2.36. The third-order valence-electron chi connectivity index (χ3n) is 14.6. The number of esters is 1. The van der Waals surface area contributed by atoms with Crippen LogP contribution >= 0.6 is 12.4 Å². The van der Waals surface area contributed by atoms with E-state index in [9.17, 15) is 44.7 Å². The zero-order valence-electron chi connectivity index (χ0n) is 42.6. The van der Waals surface area contributed by atoms with Gasteiger partial charge in [-0.25, -0.2) is 4.79 Å². The summed E-state index contributed by atoms with van der Waals surface area (Å²) < 4.78 is 26.6. The molecule has 0 bridgehead atoms. The highest BCUT2D eigenvalue weighted by molar-refractivity contribution is 5.93. The topological polar surface area (TPSA) is 242 Å². The lowest BCUT2D eigenvalue weighted by atomic mass is 9.88. The number of halogens is 1. The van der Waals surface area contributed by atoms with Crippen LogP contribution in [0.5, 0.6) is 11.5 Å². The van der Waals surface area contributed by atoms with Crippen molar-refractivity contribution in [2.24, 2.45) is 23.5 Å². The zero-order valence-corrected chi connectivity index (χ0v) is 43.4. The first-order chi connectivity index (χ1) is 35.8. The van der Waals surface area contributed by atoms with E-state index in [-0.39, 0.29) is 57.5 Å². The second-order valence-corrected chi connectivity index (χ2v) is 19.7. The Bertz CT molecular complexity index is 2550. The smallest absolute Gasteiger partial charge is 0.338 e. The maximum Gasteiger partial charge on any atom is 0.338 e. The SMILES string of the molecule is C.CO[C@@H](C(=O)C[C@H]1COc2cccc(-c3ccccc3)c2CC1=O)[C@H](O)[C@@H](O)[C@H](O)/C=C/C1CCCC1.CO[C@H]1C(=O)O[C@@H]([C@H](O)/C=C/C2CCCC2)[C@H]1O.Cl.N[C@H]1COc2cccc(-c3ccccc3)c2CC1=O. The molecular weight excluding hydrogens is 994 g/mol. The Kier molecular flexibility index (Phi) is 24.0. The fraction of sp³-hybridized carbons (Fsp3) is 0.467. The lowest BCUT2D eigenvalue weighted by Gasteiger charge is -2.27. The number of carbonyl (C=O) groups is 4. The second kappa shape index (κ2) is 29.8. The third kappa shape index (κ3) is 15.8. The lowest BCUT2D eigenvalue weighted by molar-refractivity contribution is -0.150. The minimum absolute atomic E-state index is 0. The van der Waals surface area contributed by atoms with Gasteiger partial charge in [0.1, 0.15) is 60.5 Å². The highest BCUT2D eigenvalue weighted by atomic mass is 35.5. The molecule has 4 aromatic carbocycles. The molecule has 15 nitrogen and oxygen atoms in total. The molecule has 16 heteroatoms. The number of carbonyl (C=O) groups excluding carboxylic acids is 4. The van der Waals surface area contributed by atoms with Crippen molar-refractivity contribution in [1.29, 1.82) is 0 Å². The average Bonchev–Trinajstić information content (AvgIpc) is 4.18. The van der Waals surface area contributed by atoms with Gasteiger partial charge >= 0.3 is 5.97 Å². The summed E-state index contributed by atoms with van der Waals surface area (Å²) in [6.07, 6.45) is 6.22. The molecule has 0 unspecified atom stereocenters. The normalized spacial score (nSPS) is 23.5. The van der Waals surface area contributed by atoms with Gasteiger partial charge in [-0.15, -0.1) is 12.4 Å². The van der Waals surface area contributed by atoms with Gasteiger partial charge in [-0.2, -0.15) is 0 Å². The van der Waals surface area contributed by atoms with Crippen molar-refractivity contribution in [2.45, 2.75) is 133 Å². The number of benzene rings is 4. The summed E-state index contributed by atoms with van der Waals surface area (Å²) in [5.74, 6) is 0.238. The van der Waals surface area contributed by atoms with Gasteiger partial charge in [0.05, 0.1) is 18.6 Å². The van der Waals surface area contributed by atoms with E-state index in [4.69, 9.17) is 29.4 Å². The van der Waals surface area contributed by atoms with Gasteiger partial charge in [0, 0.05) is 44.6 Å². The van der Waals surface area contributed by atoms with Gasteiger partial charge in [0.2, 0.25) is 0 Å². The van der Waals surface area contributed by atoms with Crippen molar-refractivity contribution in [3.8, 4) is 33.8 Å². The minimum atomic E-state index is -1.65. The van der Waals surface area contributed by atoms with Gasteiger partial charge in [-0.05, 0) is 71.9 Å². The van der Waals surface area contributed by atoms with Crippen LogP contribution in [0.4, 0.5) is 0 Å². The molecule has 3 fully saturated rings. The Morgan fingerprint density at radius 1 is 0.684 bits per heavy atom. The molecule has 0 amide bonds. The van der Waals surface area contributed by atoms with Gasteiger partial charge in [0.25, 0.3) is 0 Å². The van der Waals surface area contributed by atoms with E-state index < -0.39 is 72.5 Å². The number of ether oxygens (including phenoxy) is 5. The number of Topliss-reactive ketones (excluding diaryl/α,β-unsaturated/α-hetero) is 3. The van der Waals surface area contributed by atoms with Crippen LogP contribution in [0.1, 0.15) is 76.3 Å². The van der Waals surface area contributed by atoms with Crippen LogP contribution in [0.25, 0.3) is 22.3 Å². The summed E-state index contributed by atoms with van der Waals surface area (Å²) in [4.78, 5) is 49.6. The van der Waals surface area contributed by atoms with Crippen LogP contribution in [0.15, 0.2) is 121 Å². The molecule has 5 aliphatic rings. The van der Waals surface area contributed by atoms with Crippen LogP contribution < -0.4 is 15.2 Å². The van der Waals surface area contributed by atoms with Crippen molar-refractivity contribution in [1.82, 2.24) is 0 Å². The van der Waals surface area contributed by atoms with Crippen LogP contribution in [0.2, 0.25) is 0 Å². The number of aliphatic hydroxyl groups is 5. The average molecular weight is 1070 g/mol. The molecule has 76 heavy (non-hydrogen) atoms. The highest BCUT2D eigenvalue weighted by Gasteiger charge is 2.47. The quantitative estimate of drug-likeness (QED) is 0.0523. The van der Waals surface area contributed by atoms with Crippen molar-refractivity contribution in [3.05, 3.63) is 132 Å². The number of aliphatic hydroxyl groups excluding tert-OH is 5. The predicted molar refractivity (Wildman–Crippen MR) is 291 cm³/mol. The Morgan fingerprint density at radius 3 is 1.68 bits per heavy atom. The molecule has 2 aliphatic carbocycles. The Balaban J connectivity index is 0.000000230. The molecule has 1 saturated heterocycles. The molecule has 4 aromatic rings. The summed E-state index contributed by atoms with van der Waals surface area (Å²) in [5, 5.41) is 51.3. The fourth-order valence-electron chi connectivity index (χ4n) is 10.3. The first-order valence-corrected chi connectivity index (χ1v) is 25.7. The van der Waals surface area contributed by atoms with Gasteiger partial charge in [-0.1, -0.05) is 142 Å². The van der Waals surface area contributed by atoms with E-state index in [2.05, 4.69) is 0 Å². The molecule has 7 N–H and O–H groups in total. The molecule has 3 heterocycles. The number of allylic oxidation sites excluding steroid dienone is 2. The molecule has 0 aromatic heterocycles. The summed E-state index contributed by atoms with van der Waals surface area (Å²) in [6.45, 7) is 0.279. The first kappa shape index (κ1) is 61.3. The van der Waals surface area contributed by atoms with E-state index in [0.717, 1.165) is 77.7 Å². The van der Waals surface area contributed by atoms with Crippen molar-refractivity contribution in [3.63, 3.8) is 0 Å². The molecule has 9 rings (SSSR count). The van der Waals surface area contributed by atoms with Crippen molar-refractivity contribution < 1.29 is 68.4 Å². The number of rotatable bonds is 15. The van der Waals surface area contributed by atoms with Crippen LogP contribution in [0, 0.1) is 17.8 Å².